The van der Waals surface area contributed by atoms with E-state index < -0.39 is 0 Å². The van der Waals surface area contributed by atoms with Gasteiger partial charge in [-0.1, -0.05) is 20.8 Å². The van der Waals surface area contributed by atoms with Crippen LogP contribution in [0.2, 0.25) is 0 Å². The van der Waals surface area contributed by atoms with Gasteiger partial charge in [-0.05, 0) is 12.3 Å². The summed E-state index contributed by atoms with van der Waals surface area (Å²) < 4.78 is 0. The van der Waals surface area contributed by atoms with Gasteiger partial charge in [-0.25, -0.2) is 0 Å². The molecule has 0 amide bonds. The van der Waals surface area contributed by atoms with E-state index in [9.17, 15) is 4.79 Å². The van der Waals surface area contributed by atoms with Crippen molar-refractivity contribution >= 4 is 6.29 Å². The Kier molecular flexibility index (Phi) is 5.26. The fourth-order valence-corrected chi connectivity index (χ4v) is 2.23. The lowest BCUT2D eigenvalue weighted by Gasteiger charge is -2.37. The fourth-order valence-electron chi connectivity index (χ4n) is 2.23. The summed E-state index contributed by atoms with van der Waals surface area (Å²) in [7, 11) is 0. The van der Waals surface area contributed by atoms with Crippen molar-refractivity contribution in [2.45, 2.75) is 33.2 Å². The Morgan fingerprint density at radius 1 is 1.47 bits per heavy atom. The summed E-state index contributed by atoms with van der Waals surface area (Å²) in [6.45, 7) is 10.6. The second-order valence-corrected chi connectivity index (χ2v) is 5.10. The van der Waals surface area contributed by atoms with Crippen LogP contribution in [0.5, 0.6) is 0 Å². The quantitative estimate of drug-likeness (QED) is 0.694. The molecule has 2 atom stereocenters. The molecule has 0 aromatic carbocycles. The Morgan fingerprint density at radius 2 is 2.20 bits per heavy atom. The number of piperazine rings is 1. The van der Waals surface area contributed by atoms with Crippen LogP contribution < -0.4 is 5.32 Å². The van der Waals surface area contributed by atoms with E-state index in [0.717, 1.165) is 38.4 Å². The van der Waals surface area contributed by atoms with Crippen molar-refractivity contribution in [1.29, 1.82) is 0 Å². The number of hydrogen-bond acceptors (Lipinski definition) is 3. The van der Waals surface area contributed by atoms with E-state index in [1.54, 1.807) is 0 Å². The molecule has 0 aliphatic carbocycles. The zero-order chi connectivity index (χ0) is 11.3. The van der Waals surface area contributed by atoms with Crippen LogP contribution in [0.4, 0.5) is 0 Å². The van der Waals surface area contributed by atoms with Crippen LogP contribution in [-0.4, -0.2) is 43.4 Å². The molecule has 88 valence electrons. The van der Waals surface area contributed by atoms with Crippen LogP contribution in [0.25, 0.3) is 0 Å². The van der Waals surface area contributed by atoms with Crippen LogP contribution in [0.3, 0.4) is 0 Å². The van der Waals surface area contributed by atoms with Gasteiger partial charge < -0.3 is 10.1 Å². The van der Waals surface area contributed by atoms with Crippen molar-refractivity contribution < 1.29 is 4.79 Å². The molecule has 15 heavy (non-hydrogen) atoms. The Bertz CT molecular complexity index is 194. The molecule has 1 heterocycles. The number of carbonyl (C=O) groups excluding carboxylic acids is 1. The maximum atomic E-state index is 10.7. The third kappa shape index (κ3) is 4.31. The van der Waals surface area contributed by atoms with Gasteiger partial charge in [0, 0.05) is 38.1 Å². The maximum Gasteiger partial charge on any atom is 0.124 e. The third-order valence-corrected chi connectivity index (χ3v) is 2.97. The molecule has 0 spiro atoms. The maximum absolute atomic E-state index is 10.7. The largest absolute Gasteiger partial charge is 0.314 e. The van der Waals surface area contributed by atoms with Gasteiger partial charge in [0.15, 0.2) is 0 Å². The van der Waals surface area contributed by atoms with E-state index in [2.05, 4.69) is 24.1 Å². The minimum absolute atomic E-state index is 0.165. The second-order valence-electron chi connectivity index (χ2n) is 5.10. The predicted molar refractivity (Wildman–Crippen MR) is 62.9 cm³/mol. The lowest BCUT2D eigenvalue weighted by atomic mass is 9.99. The summed E-state index contributed by atoms with van der Waals surface area (Å²) in [5.74, 6) is 0.890. The topological polar surface area (TPSA) is 32.3 Å². The van der Waals surface area contributed by atoms with Gasteiger partial charge in [0.25, 0.3) is 0 Å². The molecular formula is C12H24N2O. The summed E-state index contributed by atoms with van der Waals surface area (Å²) in [5.41, 5.74) is 0. The molecule has 0 aromatic rings. The van der Waals surface area contributed by atoms with E-state index in [1.165, 1.54) is 6.42 Å². The van der Waals surface area contributed by atoms with Crippen LogP contribution in [0.1, 0.15) is 27.2 Å². The van der Waals surface area contributed by atoms with E-state index in [-0.39, 0.29) is 5.92 Å². The van der Waals surface area contributed by atoms with Crippen LogP contribution in [0.15, 0.2) is 0 Å². The summed E-state index contributed by atoms with van der Waals surface area (Å²) >= 11 is 0. The average Bonchev–Trinajstić information content (AvgIpc) is 2.20. The van der Waals surface area contributed by atoms with Gasteiger partial charge in [0.2, 0.25) is 0 Å². The zero-order valence-corrected chi connectivity index (χ0v) is 10.2. The number of carbonyl (C=O) groups is 1. The first-order valence-corrected chi connectivity index (χ1v) is 6.03. The van der Waals surface area contributed by atoms with Crippen molar-refractivity contribution in [3.05, 3.63) is 0 Å². The molecule has 3 nitrogen and oxygen atoms in total. The molecule has 1 N–H and O–H groups in total. The van der Waals surface area contributed by atoms with Gasteiger partial charge in [-0.2, -0.15) is 0 Å². The lowest BCUT2D eigenvalue weighted by Crippen LogP contribution is -2.52. The van der Waals surface area contributed by atoms with E-state index in [0.29, 0.717) is 6.04 Å². The van der Waals surface area contributed by atoms with Gasteiger partial charge in [0.05, 0.1) is 0 Å². The molecule has 3 heteroatoms. The van der Waals surface area contributed by atoms with Crippen LogP contribution in [-0.2, 0) is 4.79 Å². The Labute approximate surface area is 93.2 Å². The Morgan fingerprint density at radius 3 is 2.80 bits per heavy atom. The van der Waals surface area contributed by atoms with Gasteiger partial charge in [0.1, 0.15) is 6.29 Å². The minimum atomic E-state index is 0.165. The average molecular weight is 212 g/mol. The Hall–Kier alpha value is -0.410. The number of rotatable bonds is 5. The second kappa shape index (κ2) is 6.23. The van der Waals surface area contributed by atoms with Crippen molar-refractivity contribution in [2.75, 3.05) is 26.2 Å². The molecule has 1 aliphatic rings. The normalized spacial score (nSPS) is 25.5. The van der Waals surface area contributed by atoms with Crippen molar-refractivity contribution in [2.24, 2.45) is 11.8 Å². The van der Waals surface area contributed by atoms with Crippen LogP contribution in [0, 0.1) is 11.8 Å². The fraction of sp³-hybridized carbons (Fsp3) is 0.917. The predicted octanol–water partition coefficient (Wildman–Crippen LogP) is 1.14. The highest BCUT2D eigenvalue weighted by atomic mass is 16.1. The molecule has 0 aromatic heterocycles. The molecular weight excluding hydrogens is 188 g/mol. The number of hydrogen-bond donors (Lipinski definition) is 1. The summed E-state index contributed by atoms with van der Waals surface area (Å²) in [6, 6.07) is 0.612. The van der Waals surface area contributed by atoms with E-state index in [4.69, 9.17) is 0 Å². The highest BCUT2D eigenvalue weighted by molar-refractivity contribution is 5.53. The van der Waals surface area contributed by atoms with Gasteiger partial charge in [-0.3, -0.25) is 4.90 Å². The number of nitrogens with zero attached hydrogens (tertiary/aromatic N) is 1. The zero-order valence-electron chi connectivity index (χ0n) is 10.2. The minimum Gasteiger partial charge on any atom is -0.314 e. The summed E-state index contributed by atoms with van der Waals surface area (Å²) in [4.78, 5) is 13.1. The molecule has 1 rings (SSSR count). The standard InChI is InChI=1S/C12H24N2O/c1-10(2)6-12-7-13-4-5-14(12)8-11(3)9-15/h9-13H,4-8H2,1-3H3. The highest BCUT2D eigenvalue weighted by Crippen LogP contribution is 2.14. The summed E-state index contributed by atoms with van der Waals surface area (Å²) in [5, 5.41) is 3.43. The number of aldehydes is 1. The van der Waals surface area contributed by atoms with E-state index >= 15 is 0 Å². The van der Waals surface area contributed by atoms with Gasteiger partial charge >= 0.3 is 0 Å². The van der Waals surface area contributed by atoms with Crippen LogP contribution >= 0.6 is 0 Å². The number of nitrogens with one attached hydrogen (secondary N) is 1. The smallest absolute Gasteiger partial charge is 0.124 e. The molecule has 2 unspecified atom stereocenters. The Balaban J connectivity index is 2.45. The SMILES string of the molecule is CC(C)CC1CNCCN1CC(C)C=O. The molecule has 0 radical (unpaired) electrons. The first-order chi connectivity index (χ1) is 7.13. The monoisotopic (exact) mass is 212 g/mol. The lowest BCUT2D eigenvalue weighted by molar-refractivity contribution is -0.111. The van der Waals surface area contributed by atoms with E-state index in [1.807, 2.05) is 6.92 Å². The molecule has 1 aliphatic heterocycles. The van der Waals surface area contributed by atoms with Crippen molar-refractivity contribution in [3.8, 4) is 0 Å². The van der Waals surface area contributed by atoms with Crippen molar-refractivity contribution in [1.82, 2.24) is 10.2 Å². The molecule has 1 saturated heterocycles. The van der Waals surface area contributed by atoms with Gasteiger partial charge in [-0.15, -0.1) is 0 Å². The molecule has 1 fully saturated rings. The first-order valence-electron chi connectivity index (χ1n) is 6.03. The molecule has 0 bridgehead atoms. The van der Waals surface area contributed by atoms with Crippen molar-refractivity contribution in [3.63, 3.8) is 0 Å². The third-order valence-electron chi connectivity index (χ3n) is 2.97. The highest BCUT2D eigenvalue weighted by Gasteiger charge is 2.23. The summed E-state index contributed by atoms with van der Waals surface area (Å²) in [6.07, 6.45) is 2.28. The molecule has 0 saturated carbocycles. The first kappa shape index (κ1) is 12.7.